The van der Waals surface area contributed by atoms with Crippen LogP contribution < -0.4 is 4.74 Å². The predicted molar refractivity (Wildman–Crippen MR) is 94.6 cm³/mol. The Labute approximate surface area is 137 Å². The van der Waals surface area contributed by atoms with Crippen molar-refractivity contribution in [3.05, 3.63) is 48.0 Å². The molecule has 0 saturated carbocycles. The first-order chi connectivity index (χ1) is 10.9. The minimum absolute atomic E-state index is 0.206. The first-order valence-electron chi connectivity index (χ1n) is 7.86. The van der Waals surface area contributed by atoms with Crippen molar-refractivity contribution in [1.82, 2.24) is 0 Å². The third-order valence-corrected chi connectivity index (χ3v) is 4.11. The van der Waals surface area contributed by atoms with Crippen LogP contribution in [0.4, 0.5) is 0 Å². The molecule has 0 spiro atoms. The molecule has 3 heteroatoms. The number of benzene rings is 2. The van der Waals surface area contributed by atoms with Crippen LogP contribution in [0.1, 0.15) is 33.3 Å². The van der Waals surface area contributed by atoms with Gasteiger partial charge in [0.15, 0.2) is 0 Å². The molecule has 0 bridgehead atoms. The number of allylic oxidation sites excluding steroid dienone is 1. The zero-order valence-corrected chi connectivity index (χ0v) is 14.5. The Kier molecular flexibility index (Phi) is 5.09. The summed E-state index contributed by atoms with van der Waals surface area (Å²) in [4.78, 5) is 12.3. The van der Waals surface area contributed by atoms with E-state index in [9.17, 15) is 4.79 Å². The fourth-order valence-electron chi connectivity index (χ4n) is 2.83. The van der Waals surface area contributed by atoms with Crippen LogP contribution >= 0.6 is 0 Å². The Morgan fingerprint density at radius 3 is 2.39 bits per heavy atom. The van der Waals surface area contributed by atoms with E-state index in [0.717, 1.165) is 27.7 Å². The molecule has 0 aliphatic heterocycles. The van der Waals surface area contributed by atoms with Gasteiger partial charge in [0, 0.05) is 0 Å². The van der Waals surface area contributed by atoms with Crippen LogP contribution in [0.2, 0.25) is 0 Å². The number of hydrogen-bond acceptors (Lipinski definition) is 3. The van der Waals surface area contributed by atoms with Gasteiger partial charge in [0.05, 0.1) is 19.1 Å². The molecule has 0 radical (unpaired) electrons. The molecule has 0 unspecified atom stereocenters. The van der Waals surface area contributed by atoms with E-state index >= 15 is 0 Å². The highest BCUT2D eigenvalue weighted by Gasteiger charge is 2.33. The smallest absolute Gasteiger partial charge is 0.315 e. The number of rotatable bonds is 5. The van der Waals surface area contributed by atoms with Crippen LogP contribution in [0, 0.1) is 5.41 Å². The lowest BCUT2D eigenvalue weighted by Gasteiger charge is -2.26. The van der Waals surface area contributed by atoms with Gasteiger partial charge in [-0.25, -0.2) is 0 Å². The quantitative estimate of drug-likeness (QED) is 0.741. The molecule has 0 aromatic heterocycles. The van der Waals surface area contributed by atoms with E-state index in [0.29, 0.717) is 6.61 Å². The van der Waals surface area contributed by atoms with E-state index in [1.54, 1.807) is 7.11 Å². The molecule has 0 aliphatic rings. The summed E-state index contributed by atoms with van der Waals surface area (Å²) in [7, 11) is 1.66. The van der Waals surface area contributed by atoms with Crippen LogP contribution in [0.3, 0.4) is 0 Å². The zero-order chi connectivity index (χ0) is 17.0. The lowest BCUT2D eigenvalue weighted by molar-refractivity contribution is -0.150. The summed E-state index contributed by atoms with van der Waals surface area (Å²) in [6, 6.07) is 12.2. The molecule has 0 atom stereocenters. The minimum atomic E-state index is -0.690. The lowest BCUT2D eigenvalue weighted by atomic mass is 9.79. The second-order valence-electron chi connectivity index (χ2n) is 5.98. The molecule has 0 fully saturated rings. The van der Waals surface area contributed by atoms with Crippen LogP contribution in [0.25, 0.3) is 16.3 Å². The fraction of sp³-hybridized carbons (Fsp3) is 0.350. The van der Waals surface area contributed by atoms with Gasteiger partial charge in [-0.2, -0.15) is 0 Å². The van der Waals surface area contributed by atoms with Crippen LogP contribution in [-0.4, -0.2) is 19.7 Å². The van der Waals surface area contributed by atoms with Gasteiger partial charge in [-0.1, -0.05) is 24.3 Å². The molecule has 0 amide bonds. The summed E-state index contributed by atoms with van der Waals surface area (Å²) >= 11 is 0. The molecule has 3 nitrogen and oxygen atoms in total. The van der Waals surface area contributed by atoms with Crippen molar-refractivity contribution >= 4 is 22.3 Å². The van der Waals surface area contributed by atoms with Crippen molar-refractivity contribution in [3.63, 3.8) is 0 Å². The summed E-state index contributed by atoms with van der Waals surface area (Å²) in [6.07, 6.45) is 1.99. The highest BCUT2D eigenvalue weighted by atomic mass is 16.5. The highest BCUT2D eigenvalue weighted by molar-refractivity contribution is 5.95. The van der Waals surface area contributed by atoms with Crippen molar-refractivity contribution in [1.29, 1.82) is 0 Å². The first-order valence-corrected chi connectivity index (χ1v) is 7.86. The van der Waals surface area contributed by atoms with Gasteiger partial charge < -0.3 is 9.47 Å². The van der Waals surface area contributed by atoms with E-state index in [1.165, 1.54) is 0 Å². The van der Waals surface area contributed by atoms with Crippen LogP contribution in [0.5, 0.6) is 5.75 Å². The van der Waals surface area contributed by atoms with E-state index in [-0.39, 0.29) is 5.97 Å². The molecular weight excluding hydrogens is 288 g/mol. The molecule has 2 aromatic rings. The predicted octanol–water partition coefficient (Wildman–Crippen LogP) is 4.84. The van der Waals surface area contributed by atoms with E-state index in [2.05, 4.69) is 12.1 Å². The monoisotopic (exact) mass is 312 g/mol. The number of fused-ring (bicyclic) bond motifs is 1. The Bertz CT molecular complexity index is 742. The van der Waals surface area contributed by atoms with Crippen LogP contribution in [0.15, 0.2) is 42.5 Å². The second kappa shape index (κ2) is 6.86. The summed E-state index contributed by atoms with van der Waals surface area (Å²) in [6.45, 7) is 7.97. The number of ether oxygens (including phenoxy) is 2. The maximum Gasteiger partial charge on any atom is 0.315 e. The van der Waals surface area contributed by atoms with Gasteiger partial charge in [-0.05, 0) is 67.8 Å². The van der Waals surface area contributed by atoms with Gasteiger partial charge in [-0.3, -0.25) is 4.79 Å². The Morgan fingerprint density at radius 2 is 1.78 bits per heavy atom. The summed E-state index contributed by atoms with van der Waals surface area (Å²) < 4.78 is 10.5. The summed E-state index contributed by atoms with van der Waals surface area (Å²) in [5.74, 6) is 0.631. The third kappa shape index (κ3) is 3.39. The molecule has 2 rings (SSSR count). The van der Waals surface area contributed by atoms with Gasteiger partial charge in [0.2, 0.25) is 0 Å². The molecule has 0 saturated heterocycles. The van der Waals surface area contributed by atoms with Gasteiger partial charge >= 0.3 is 5.97 Å². The molecule has 122 valence electrons. The summed E-state index contributed by atoms with van der Waals surface area (Å²) in [5.41, 5.74) is 1.31. The number of esters is 1. The SMILES string of the molecule is C/C=C(\c1ccc2cc(OC)ccc2c1)C(C)(C)C(=O)OCC. The van der Waals surface area contributed by atoms with Crippen molar-refractivity contribution in [3.8, 4) is 5.75 Å². The normalized spacial score (nSPS) is 12.3. The fourth-order valence-corrected chi connectivity index (χ4v) is 2.83. The lowest BCUT2D eigenvalue weighted by Crippen LogP contribution is -2.28. The first kappa shape index (κ1) is 17.1. The van der Waals surface area contributed by atoms with Crippen molar-refractivity contribution in [2.45, 2.75) is 27.7 Å². The van der Waals surface area contributed by atoms with Gasteiger partial charge in [0.25, 0.3) is 0 Å². The molecular formula is C20H24O3. The zero-order valence-electron chi connectivity index (χ0n) is 14.5. The largest absolute Gasteiger partial charge is 0.497 e. The highest BCUT2D eigenvalue weighted by Crippen LogP contribution is 2.37. The Morgan fingerprint density at radius 1 is 1.13 bits per heavy atom. The minimum Gasteiger partial charge on any atom is -0.497 e. The second-order valence-corrected chi connectivity index (χ2v) is 5.98. The van der Waals surface area contributed by atoms with E-state index in [1.807, 2.05) is 58.0 Å². The Balaban J connectivity index is 2.46. The average molecular weight is 312 g/mol. The van der Waals surface area contributed by atoms with E-state index in [4.69, 9.17) is 9.47 Å². The van der Waals surface area contributed by atoms with Crippen LogP contribution in [-0.2, 0) is 9.53 Å². The topological polar surface area (TPSA) is 35.5 Å². The van der Waals surface area contributed by atoms with Crippen molar-refractivity contribution in [2.75, 3.05) is 13.7 Å². The maximum atomic E-state index is 12.3. The van der Waals surface area contributed by atoms with Crippen molar-refractivity contribution in [2.24, 2.45) is 5.41 Å². The number of methoxy groups -OCH3 is 1. The number of carbonyl (C=O) groups is 1. The van der Waals surface area contributed by atoms with E-state index < -0.39 is 5.41 Å². The molecule has 0 N–H and O–H groups in total. The number of hydrogen-bond donors (Lipinski definition) is 0. The molecule has 23 heavy (non-hydrogen) atoms. The standard InChI is InChI=1S/C20H24O3/c1-6-18(20(3,4)19(21)23-7-2)16-9-8-15-13-17(22-5)11-10-14(15)12-16/h6,8-13H,7H2,1-5H3/b18-6+. The maximum absolute atomic E-state index is 12.3. The summed E-state index contributed by atoms with van der Waals surface area (Å²) in [5, 5.41) is 2.22. The van der Waals surface area contributed by atoms with Crippen molar-refractivity contribution < 1.29 is 14.3 Å². The Hall–Kier alpha value is -2.29. The molecule has 2 aromatic carbocycles. The van der Waals surface area contributed by atoms with Gasteiger partial charge in [-0.15, -0.1) is 0 Å². The third-order valence-electron chi connectivity index (χ3n) is 4.11. The van der Waals surface area contributed by atoms with Gasteiger partial charge in [0.1, 0.15) is 5.75 Å². The molecule has 0 heterocycles. The molecule has 0 aliphatic carbocycles. The average Bonchev–Trinajstić information content (AvgIpc) is 2.55. The number of carbonyl (C=O) groups excluding carboxylic acids is 1.